The van der Waals surface area contributed by atoms with E-state index < -0.39 is 40.2 Å². The Kier molecular flexibility index (Phi) is 11.4. The lowest BCUT2D eigenvalue weighted by molar-refractivity contribution is -0.140. The molecule has 0 aliphatic carbocycles. The SMILES string of the molecule is Cc1ccc(S(=O)(=O)N(CC(=O)N(Cc2ccccc2F)C(Cc2ccccc2)C(=O)NCC(C)C)c2cccc(C)c2C)cc1. The molecule has 4 rings (SSSR count). The lowest BCUT2D eigenvalue weighted by Crippen LogP contribution is -2.54. The normalized spacial score (nSPS) is 12.1. The lowest BCUT2D eigenvalue weighted by atomic mass is 10.0. The molecule has 0 spiro atoms. The zero-order valence-electron chi connectivity index (χ0n) is 27.0. The van der Waals surface area contributed by atoms with Crippen LogP contribution in [0.1, 0.15) is 41.7 Å². The minimum Gasteiger partial charge on any atom is -0.354 e. The molecular formula is C37H42FN3O4S. The second kappa shape index (κ2) is 15.2. The first-order valence-corrected chi connectivity index (χ1v) is 16.8. The molecule has 0 radical (unpaired) electrons. The molecule has 9 heteroatoms. The lowest BCUT2D eigenvalue weighted by Gasteiger charge is -2.34. The van der Waals surface area contributed by atoms with E-state index in [2.05, 4.69) is 5.32 Å². The largest absolute Gasteiger partial charge is 0.354 e. The number of rotatable bonds is 13. The maximum Gasteiger partial charge on any atom is 0.264 e. The minimum absolute atomic E-state index is 0.0305. The van der Waals surface area contributed by atoms with Crippen LogP contribution >= 0.6 is 0 Å². The van der Waals surface area contributed by atoms with E-state index in [1.54, 1.807) is 42.5 Å². The highest BCUT2D eigenvalue weighted by Crippen LogP contribution is 2.29. The van der Waals surface area contributed by atoms with Crippen LogP contribution in [0, 0.1) is 32.5 Å². The van der Waals surface area contributed by atoms with Gasteiger partial charge in [-0.25, -0.2) is 12.8 Å². The standard InChI is InChI=1S/C37H42FN3O4S/c1-26(2)23-39-37(43)35(22-30-13-7-6-8-14-30)40(24-31-15-9-10-16-33(31)38)36(42)25-41(34-17-11-12-28(4)29(34)5)46(44,45)32-20-18-27(3)19-21-32/h6-21,26,35H,22-25H2,1-5H3,(H,39,43). The molecule has 0 aromatic heterocycles. The molecule has 0 aliphatic rings. The average molecular weight is 644 g/mol. The number of nitrogens with one attached hydrogen (secondary N) is 1. The van der Waals surface area contributed by atoms with Crippen LogP contribution in [0.4, 0.5) is 10.1 Å². The fourth-order valence-corrected chi connectivity index (χ4v) is 6.61. The van der Waals surface area contributed by atoms with Gasteiger partial charge in [-0.3, -0.25) is 13.9 Å². The van der Waals surface area contributed by atoms with Gasteiger partial charge in [0.05, 0.1) is 10.6 Å². The Bertz CT molecular complexity index is 1760. The van der Waals surface area contributed by atoms with E-state index in [0.29, 0.717) is 17.8 Å². The van der Waals surface area contributed by atoms with Crippen LogP contribution < -0.4 is 9.62 Å². The van der Waals surface area contributed by atoms with Crippen molar-refractivity contribution in [2.75, 3.05) is 17.4 Å². The summed E-state index contributed by atoms with van der Waals surface area (Å²) in [5.74, 6) is -1.42. The average Bonchev–Trinajstić information content (AvgIpc) is 3.03. The Morgan fingerprint density at radius 2 is 1.48 bits per heavy atom. The van der Waals surface area contributed by atoms with E-state index >= 15 is 4.39 Å². The van der Waals surface area contributed by atoms with Crippen molar-refractivity contribution in [2.45, 2.75) is 58.5 Å². The van der Waals surface area contributed by atoms with Crippen molar-refractivity contribution in [3.8, 4) is 0 Å². The predicted molar refractivity (Wildman–Crippen MR) is 180 cm³/mol. The first kappa shape index (κ1) is 34.4. The number of nitrogens with zero attached hydrogens (tertiary/aromatic N) is 2. The molecule has 0 saturated heterocycles. The maximum absolute atomic E-state index is 15.1. The van der Waals surface area contributed by atoms with Crippen LogP contribution in [-0.4, -0.2) is 44.3 Å². The Morgan fingerprint density at radius 1 is 0.826 bits per heavy atom. The number of hydrogen-bond donors (Lipinski definition) is 1. The van der Waals surface area contributed by atoms with Gasteiger partial charge in [-0.1, -0.05) is 92.2 Å². The molecule has 46 heavy (non-hydrogen) atoms. The Morgan fingerprint density at radius 3 is 2.13 bits per heavy atom. The topological polar surface area (TPSA) is 86.8 Å². The number of hydrogen-bond acceptors (Lipinski definition) is 4. The summed E-state index contributed by atoms with van der Waals surface area (Å²) in [5.41, 5.74) is 3.81. The number of halogens is 1. The highest BCUT2D eigenvalue weighted by atomic mass is 32.2. The molecule has 1 atom stereocenters. The molecule has 4 aromatic rings. The van der Waals surface area contributed by atoms with Crippen molar-refractivity contribution in [1.29, 1.82) is 0 Å². The summed E-state index contributed by atoms with van der Waals surface area (Å²) in [6, 6.07) is 26.0. The summed E-state index contributed by atoms with van der Waals surface area (Å²) in [5, 5.41) is 2.94. The van der Waals surface area contributed by atoms with Crippen LogP contribution in [0.5, 0.6) is 0 Å². The Balaban J connectivity index is 1.84. The zero-order valence-corrected chi connectivity index (χ0v) is 27.9. The molecule has 4 aromatic carbocycles. The van der Waals surface area contributed by atoms with Gasteiger partial charge in [0.2, 0.25) is 11.8 Å². The molecule has 1 N–H and O–H groups in total. The molecule has 0 heterocycles. The molecule has 0 bridgehead atoms. The Hall–Kier alpha value is -4.50. The summed E-state index contributed by atoms with van der Waals surface area (Å²) < 4.78 is 44.7. The van der Waals surface area contributed by atoms with Crippen molar-refractivity contribution < 1.29 is 22.4 Å². The van der Waals surface area contributed by atoms with E-state index in [4.69, 9.17) is 0 Å². The molecule has 0 aliphatic heterocycles. The smallest absolute Gasteiger partial charge is 0.264 e. The number of carbonyl (C=O) groups is 2. The van der Waals surface area contributed by atoms with Gasteiger partial charge in [-0.05, 0) is 67.6 Å². The molecular weight excluding hydrogens is 601 g/mol. The number of anilines is 1. The number of sulfonamides is 1. The first-order chi connectivity index (χ1) is 21.9. The van der Waals surface area contributed by atoms with E-state index in [0.717, 1.165) is 21.0 Å². The van der Waals surface area contributed by atoms with Crippen LogP contribution in [-0.2, 0) is 32.6 Å². The third-order valence-corrected chi connectivity index (χ3v) is 9.76. The molecule has 0 fully saturated rings. The molecule has 0 saturated carbocycles. The highest BCUT2D eigenvalue weighted by molar-refractivity contribution is 7.92. The summed E-state index contributed by atoms with van der Waals surface area (Å²) in [4.78, 5) is 29.7. The van der Waals surface area contributed by atoms with Gasteiger partial charge in [0.25, 0.3) is 10.0 Å². The van der Waals surface area contributed by atoms with Crippen LogP contribution in [0.25, 0.3) is 0 Å². The molecule has 1 unspecified atom stereocenters. The fraction of sp³-hybridized carbons (Fsp3) is 0.297. The number of carbonyl (C=O) groups excluding carboxylic acids is 2. The van der Waals surface area contributed by atoms with Gasteiger partial charge in [-0.15, -0.1) is 0 Å². The van der Waals surface area contributed by atoms with Gasteiger partial charge in [0.15, 0.2) is 0 Å². The van der Waals surface area contributed by atoms with E-state index in [1.807, 2.05) is 71.0 Å². The van der Waals surface area contributed by atoms with Gasteiger partial charge < -0.3 is 10.2 Å². The zero-order chi connectivity index (χ0) is 33.4. The summed E-state index contributed by atoms with van der Waals surface area (Å²) >= 11 is 0. The third-order valence-electron chi connectivity index (χ3n) is 7.99. The van der Waals surface area contributed by atoms with Crippen LogP contribution in [0.2, 0.25) is 0 Å². The van der Waals surface area contributed by atoms with Crippen molar-refractivity contribution in [3.05, 3.63) is 131 Å². The number of benzene rings is 4. The maximum atomic E-state index is 15.1. The number of amides is 2. The monoisotopic (exact) mass is 643 g/mol. The van der Waals surface area contributed by atoms with Crippen molar-refractivity contribution >= 4 is 27.5 Å². The van der Waals surface area contributed by atoms with Crippen molar-refractivity contribution in [1.82, 2.24) is 10.2 Å². The second-order valence-electron chi connectivity index (χ2n) is 12.0. The van der Waals surface area contributed by atoms with Gasteiger partial charge in [0.1, 0.15) is 18.4 Å². The van der Waals surface area contributed by atoms with Crippen LogP contribution in [0.3, 0.4) is 0 Å². The van der Waals surface area contributed by atoms with Crippen molar-refractivity contribution in [3.63, 3.8) is 0 Å². The van der Waals surface area contributed by atoms with Gasteiger partial charge in [-0.2, -0.15) is 0 Å². The quantitative estimate of drug-likeness (QED) is 0.184. The van der Waals surface area contributed by atoms with Gasteiger partial charge >= 0.3 is 0 Å². The molecule has 2 amide bonds. The number of aryl methyl sites for hydroxylation is 2. The molecule has 242 valence electrons. The summed E-state index contributed by atoms with van der Waals surface area (Å²) in [6.07, 6.45) is 0.152. The van der Waals surface area contributed by atoms with Crippen molar-refractivity contribution in [2.24, 2.45) is 5.92 Å². The summed E-state index contributed by atoms with van der Waals surface area (Å²) in [6.45, 7) is 9.02. The predicted octanol–water partition coefficient (Wildman–Crippen LogP) is 6.36. The van der Waals surface area contributed by atoms with E-state index in [1.165, 1.54) is 23.1 Å². The first-order valence-electron chi connectivity index (χ1n) is 15.4. The fourth-order valence-electron chi connectivity index (χ4n) is 5.14. The third kappa shape index (κ3) is 8.40. The highest BCUT2D eigenvalue weighted by Gasteiger charge is 2.35. The van der Waals surface area contributed by atoms with E-state index in [9.17, 15) is 18.0 Å². The Labute approximate surface area is 272 Å². The minimum atomic E-state index is -4.23. The van der Waals surface area contributed by atoms with Crippen LogP contribution in [0.15, 0.2) is 102 Å². The van der Waals surface area contributed by atoms with Gasteiger partial charge in [0, 0.05) is 25.1 Å². The molecule has 7 nitrogen and oxygen atoms in total. The van der Waals surface area contributed by atoms with E-state index in [-0.39, 0.29) is 29.3 Å². The second-order valence-corrected chi connectivity index (χ2v) is 13.9. The summed E-state index contributed by atoms with van der Waals surface area (Å²) in [7, 11) is -4.23.